The predicted molar refractivity (Wildman–Crippen MR) is 46.8 cm³/mol. The van der Waals surface area contributed by atoms with Crippen LogP contribution in [0.15, 0.2) is 16.6 Å². The Morgan fingerprint density at radius 3 is 2.67 bits per heavy atom. The predicted octanol–water partition coefficient (Wildman–Crippen LogP) is 1.58. The number of nitrogen functional groups attached to an aromatic ring is 1. The summed E-state index contributed by atoms with van der Waals surface area (Å²) in [4.78, 5) is 0. The second-order valence-electron chi connectivity index (χ2n) is 2.20. The second-order valence-corrected chi connectivity index (χ2v) is 3.11. The minimum absolute atomic E-state index is 0.0122. The van der Waals surface area contributed by atoms with E-state index in [0.29, 0.717) is 4.47 Å². The first-order valence-corrected chi connectivity index (χ1v) is 3.84. The molecule has 0 heterocycles. The lowest BCUT2D eigenvalue weighted by molar-refractivity contribution is 0.431. The summed E-state index contributed by atoms with van der Waals surface area (Å²) in [6.45, 7) is 0. The van der Waals surface area contributed by atoms with E-state index in [4.69, 9.17) is 16.2 Å². The SMILES string of the molecule is N=C(N)c1cc(Br)cc(F)c1O. The normalized spacial score (nSPS) is 9.83. The van der Waals surface area contributed by atoms with Gasteiger partial charge in [0, 0.05) is 4.47 Å². The van der Waals surface area contributed by atoms with E-state index >= 15 is 0 Å². The van der Waals surface area contributed by atoms with Crippen LogP contribution in [0.1, 0.15) is 5.56 Å². The molecule has 1 aromatic carbocycles. The lowest BCUT2D eigenvalue weighted by Crippen LogP contribution is -2.11. The van der Waals surface area contributed by atoms with Gasteiger partial charge in [-0.15, -0.1) is 0 Å². The Balaban J connectivity index is 3.37. The summed E-state index contributed by atoms with van der Waals surface area (Å²) in [7, 11) is 0. The molecule has 0 atom stereocenters. The summed E-state index contributed by atoms with van der Waals surface area (Å²) in [5.74, 6) is -1.76. The van der Waals surface area contributed by atoms with Crippen molar-refractivity contribution in [2.75, 3.05) is 0 Å². The fourth-order valence-corrected chi connectivity index (χ4v) is 1.20. The number of nitrogens with one attached hydrogen (secondary N) is 1. The molecule has 1 rings (SSSR count). The molecule has 5 heteroatoms. The van der Waals surface area contributed by atoms with E-state index in [1.807, 2.05) is 0 Å². The molecule has 0 spiro atoms. The van der Waals surface area contributed by atoms with Crippen LogP contribution in [0.2, 0.25) is 0 Å². The average molecular weight is 233 g/mol. The molecule has 0 saturated carbocycles. The highest BCUT2D eigenvalue weighted by Gasteiger charge is 2.10. The van der Waals surface area contributed by atoms with Crippen LogP contribution in [-0.2, 0) is 0 Å². The number of hydrogen-bond donors (Lipinski definition) is 3. The lowest BCUT2D eigenvalue weighted by Gasteiger charge is -2.03. The van der Waals surface area contributed by atoms with E-state index < -0.39 is 11.6 Å². The van der Waals surface area contributed by atoms with Crippen molar-refractivity contribution >= 4 is 21.8 Å². The van der Waals surface area contributed by atoms with Crippen LogP contribution in [0.3, 0.4) is 0 Å². The maximum atomic E-state index is 12.8. The third kappa shape index (κ3) is 1.55. The van der Waals surface area contributed by atoms with Crippen molar-refractivity contribution in [1.82, 2.24) is 0 Å². The van der Waals surface area contributed by atoms with E-state index in [1.165, 1.54) is 6.07 Å². The highest BCUT2D eigenvalue weighted by atomic mass is 79.9. The van der Waals surface area contributed by atoms with E-state index in [-0.39, 0.29) is 11.4 Å². The molecule has 64 valence electrons. The van der Waals surface area contributed by atoms with Gasteiger partial charge in [0.1, 0.15) is 5.84 Å². The summed E-state index contributed by atoms with van der Waals surface area (Å²) < 4.78 is 13.2. The smallest absolute Gasteiger partial charge is 0.166 e. The summed E-state index contributed by atoms with van der Waals surface area (Å²) in [5.41, 5.74) is 5.08. The number of benzene rings is 1. The zero-order chi connectivity index (χ0) is 9.30. The maximum absolute atomic E-state index is 12.8. The summed E-state index contributed by atoms with van der Waals surface area (Å²) in [5, 5.41) is 16.1. The number of phenolic OH excluding ortho intramolecular Hbond substituents is 1. The monoisotopic (exact) mass is 232 g/mol. The zero-order valence-electron chi connectivity index (χ0n) is 5.94. The van der Waals surface area contributed by atoms with Crippen molar-refractivity contribution in [1.29, 1.82) is 5.41 Å². The molecule has 0 aliphatic carbocycles. The number of aromatic hydroxyl groups is 1. The van der Waals surface area contributed by atoms with Crippen molar-refractivity contribution in [2.45, 2.75) is 0 Å². The van der Waals surface area contributed by atoms with Gasteiger partial charge in [0.05, 0.1) is 5.56 Å². The molecule has 0 aliphatic rings. The molecule has 0 fully saturated rings. The third-order valence-corrected chi connectivity index (χ3v) is 1.78. The zero-order valence-corrected chi connectivity index (χ0v) is 7.52. The van der Waals surface area contributed by atoms with Crippen LogP contribution in [0, 0.1) is 11.2 Å². The Bertz CT molecular complexity index is 340. The summed E-state index contributed by atoms with van der Waals surface area (Å²) in [6.07, 6.45) is 0. The van der Waals surface area contributed by atoms with Gasteiger partial charge in [0.2, 0.25) is 0 Å². The van der Waals surface area contributed by atoms with Gasteiger partial charge in [-0.1, -0.05) is 15.9 Å². The Hall–Kier alpha value is -1.10. The molecule has 0 aromatic heterocycles. The van der Waals surface area contributed by atoms with Gasteiger partial charge in [-0.2, -0.15) is 0 Å². The molecule has 0 aliphatic heterocycles. The third-order valence-electron chi connectivity index (χ3n) is 1.32. The minimum Gasteiger partial charge on any atom is -0.504 e. The minimum atomic E-state index is -0.797. The topological polar surface area (TPSA) is 70.1 Å². The van der Waals surface area contributed by atoms with E-state index in [0.717, 1.165) is 6.07 Å². The van der Waals surface area contributed by atoms with Crippen molar-refractivity contribution in [3.63, 3.8) is 0 Å². The van der Waals surface area contributed by atoms with Gasteiger partial charge < -0.3 is 10.8 Å². The van der Waals surface area contributed by atoms with Crippen LogP contribution in [-0.4, -0.2) is 10.9 Å². The van der Waals surface area contributed by atoms with E-state index in [1.54, 1.807) is 0 Å². The lowest BCUT2D eigenvalue weighted by atomic mass is 10.2. The molecule has 1 aromatic rings. The number of amidine groups is 1. The van der Waals surface area contributed by atoms with Crippen LogP contribution < -0.4 is 5.73 Å². The number of nitrogens with two attached hydrogens (primary N) is 1. The Kier molecular flexibility index (Phi) is 2.32. The Morgan fingerprint density at radius 2 is 2.17 bits per heavy atom. The molecule has 0 amide bonds. The molecule has 0 saturated heterocycles. The number of hydrogen-bond acceptors (Lipinski definition) is 2. The average Bonchev–Trinajstić information content (AvgIpc) is 1.96. The van der Waals surface area contributed by atoms with Gasteiger partial charge in [-0.25, -0.2) is 4.39 Å². The summed E-state index contributed by atoms with van der Waals surface area (Å²) in [6, 6.07) is 2.47. The highest BCUT2D eigenvalue weighted by molar-refractivity contribution is 9.10. The number of halogens is 2. The number of rotatable bonds is 1. The van der Waals surface area contributed by atoms with Gasteiger partial charge in [-0.3, -0.25) is 5.41 Å². The van der Waals surface area contributed by atoms with Crippen molar-refractivity contribution in [2.24, 2.45) is 5.73 Å². The van der Waals surface area contributed by atoms with Crippen molar-refractivity contribution in [3.8, 4) is 5.75 Å². The molecule has 4 N–H and O–H groups in total. The molecular weight excluding hydrogens is 227 g/mol. The highest BCUT2D eigenvalue weighted by Crippen LogP contribution is 2.25. The molecule has 12 heavy (non-hydrogen) atoms. The Morgan fingerprint density at radius 1 is 1.58 bits per heavy atom. The van der Waals surface area contributed by atoms with Crippen LogP contribution in [0.4, 0.5) is 4.39 Å². The van der Waals surface area contributed by atoms with Gasteiger partial charge in [-0.05, 0) is 12.1 Å². The summed E-state index contributed by atoms with van der Waals surface area (Å²) >= 11 is 3.01. The van der Waals surface area contributed by atoms with E-state index in [2.05, 4.69) is 15.9 Å². The first kappa shape index (κ1) is 8.99. The standard InChI is InChI=1S/C7H6BrFN2O/c8-3-1-4(7(10)11)6(12)5(9)2-3/h1-2,12H,(H3,10,11). The van der Waals surface area contributed by atoms with Crippen molar-refractivity contribution in [3.05, 3.63) is 28.0 Å². The Labute approximate surface area is 76.6 Å². The molecule has 3 nitrogen and oxygen atoms in total. The quantitative estimate of drug-likeness (QED) is 0.509. The molecule has 0 bridgehead atoms. The van der Waals surface area contributed by atoms with Gasteiger partial charge in [0.25, 0.3) is 0 Å². The molecule has 0 unspecified atom stereocenters. The van der Waals surface area contributed by atoms with Crippen LogP contribution in [0.25, 0.3) is 0 Å². The van der Waals surface area contributed by atoms with E-state index in [9.17, 15) is 4.39 Å². The van der Waals surface area contributed by atoms with Crippen molar-refractivity contribution < 1.29 is 9.50 Å². The molecule has 0 radical (unpaired) electrons. The first-order valence-electron chi connectivity index (χ1n) is 3.04. The second kappa shape index (κ2) is 3.10. The largest absolute Gasteiger partial charge is 0.504 e. The maximum Gasteiger partial charge on any atom is 0.166 e. The van der Waals surface area contributed by atoms with Crippen LogP contribution in [0.5, 0.6) is 5.75 Å². The fourth-order valence-electron chi connectivity index (χ4n) is 0.771. The number of phenols is 1. The van der Waals surface area contributed by atoms with Crippen LogP contribution >= 0.6 is 15.9 Å². The fraction of sp³-hybridized carbons (Fsp3) is 0. The molecular formula is C7H6BrFN2O. The first-order chi connectivity index (χ1) is 5.52. The van der Waals surface area contributed by atoms with Gasteiger partial charge in [0.15, 0.2) is 11.6 Å². The van der Waals surface area contributed by atoms with Gasteiger partial charge >= 0.3 is 0 Å².